The van der Waals surface area contributed by atoms with Gasteiger partial charge in [0, 0.05) is 19.1 Å². The third-order valence-corrected chi connectivity index (χ3v) is 3.25. The highest BCUT2D eigenvalue weighted by atomic mass is 16.3. The molecule has 102 valence electrons. The van der Waals surface area contributed by atoms with E-state index in [0.29, 0.717) is 6.54 Å². The number of nitrogens with two attached hydrogens (primary N) is 1. The first kappa shape index (κ1) is 15.2. The maximum atomic E-state index is 9.40. The van der Waals surface area contributed by atoms with Gasteiger partial charge < -0.3 is 15.7 Å². The molecule has 0 aliphatic heterocycles. The topological polar surface area (TPSA) is 49.5 Å². The van der Waals surface area contributed by atoms with Gasteiger partial charge in [0.1, 0.15) is 0 Å². The molecule has 1 aromatic rings. The molecule has 0 heterocycles. The number of aliphatic hydroxyl groups is 1. The van der Waals surface area contributed by atoms with Crippen molar-refractivity contribution < 1.29 is 5.11 Å². The van der Waals surface area contributed by atoms with Gasteiger partial charge >= 0.3 is 0 Å². The maximum absolute atomic E-state index is 9.40. The summed E-state index contributed by atoms with van der Waals surface area (Å²) in [5.74, 6) is 0. The lowest BCUT2D eigenvalue weighted by Crippen LogP contribution is -2.41. The SMILES string of the molecule is CC(O)CN(C)CC(C)(C)C(N)c1ccccc1. The monoisotopic (exact) mass is 250 g/mol. The molecule has 2 unspecified atom stereocenters. The van der Waals surface area contributed by atoms with Gasteiger partial charge in [-0.1, -0.05) is 44.2 Å². The fraction of sp³-hybridized carbons (Fsp3) is 0.600. The van der Waals surface area contributed by atoms with Gasteiger partial charge in [-0.3, -0.25) is 0 Å². The van der Waals surface area contributed by atoms with Crippen molar-refractivity contribution in [3.63, 3.8) is 0 Å². The summed E-state index contributed by atoms with van der Waals surface area (Å²) in [5, 5.41) is 9.40. The van der Waals surface area contributed by atoms with Crippen molar-refractivity contribution in [1.82, 2.24) is 4.90 Å². The van der Waals surface area contributed by atoms with Crippen molar-refractivity contribution in [2.24, 2.45) is 11.1 Å². The Morgan fingerprint density at radius 3 is 2.33 bits per heavy atom. The van der Waals surface area contributed by atoms with Crippen LogP contribution in [0.3, 0.4) is 0 Å². The lowest BCUT2D eigenvalue weighted by molar-refractivity contribution is 0.107. The summed E-state index contributed by atoms with van der Waals surface area (Å²) in [6, 6.07) is 10.2. The molecule has 0 radical (unpaired) electrons. The van der Waals surface area contributed by atoms with Crippen LogP contribution in [0.15, 0.2) is 30.3 Å². The molecule has 0 saturated heterocycles. The van der Waals surface area contributed by atoms with E-state index in [1.54, 1.807) is 6.92 Å². The molecular formula is C15H26N2O. The normalized spacial score (nSPS) is 15.7. The van der Waals surface area contributed by atoms with Gasteiger partial charge in [-0.05, 0) is 24.9 Å². The van der Waals surface area contributed by atoms with E-state index >= 15 is 0 Å². The molecule has 0 saturated carbocycles. The number of hydrogen-bond acceptors (Lipinski definition) is 3. The minimum absolute atomic E-state index is 0.00449. The minimum atomic E-state index is -0.307. The highest BCUT2D eigenvalue weighted by Crippen LogP contribution is 2.31. The van der Waals surface area contributed by atoms with Crippen LogP contribution in [-0.4, -0.2) is 36.2 Å². The standard InChI is InChI=1S/C15H26N2O/c1-12(18)10-17(4)11-15(2,3)14(16)13-8-6-5-7-9-13/h5-9,12,14,18H,10-11,16H2,1-4H3. The van der Waals surface area contributed by atoms with Crippen molar-refractivity contribution in [2.75, 3.05) is 20.1 Å². The smallest absolute Gasteiger partial charge is 0.0638 e. The second kappa shape index (κ2) is 6.32. The largest absolute Gasteiger partial charge is 0.392 e. The highest BCUT2D eigenvalue weighted by Gasteiger charge is 2.29. The molecular weight excluding hydrogens is 224 g/mol. The average molecular weight is 250 g/mol. The van der Waals surface area contributed by atoms with Crippen LogP contribution in [0.2, 0.25) is 0 Å². The van der Waals surface area contributed by atoms with Crippen LogP contribution < -0.4 is 5.73 Å². The second-order valence-electron chi connectivity index (χ2n) is 5.92. The van der Waals surface area contributed by atoms with Gasteiger partial charge in [0.15, 0.2) is 0 Å². The van der Waals surface area contributed by atoms with Gasteiger partial charge in [-0.25, -0.2) is 0 Å². The van der Waals surface area contributed by atoms with Crippen molar-refractivity contribution in [3.8, 4) is 0 Å². The van der Waals surface area contributed by atoms with Crippen LogP contribution in [0.4, 0.5) is 0 Å². The van der Waals surface area contributed by atoms with Crippen LogP contribution in [0, 0.1) is 5.41 Å². The van der Waals surface area contributed by atoms with Crippen LogP contribution in [-0.2, 0) is 0 Å². The molecule has 0 aliphatic carbocycles. The maximum Gasteiger partial charge on any atom is 0.0638 e. The van der Waals surface area contributed by atoms with E-state index < -0.39 is 0 Å². The van der Waals surface area contributed by atoms with E-state index in [1.807, 2.05) is 25.2 Å². The van der Waals surface area contributed by atoms with Crippen molar-refractivity contribution >= 4 is 0 Å². The minimum Gasteiger partial charge on any atom is -0.392 e. The summed E-state index contributed by atoms with van der Waals surface area (Å²) in [7, 11) is 2.02. The number of nitrogens with zero attached hydrogens (tertiary/aromatic N) is 1. The number of benzene rings is 1. The number of aliphatic hydroxyl groups excluding tert-OH is 1. The molecule has 2 atom stereocenters. The molecule has 0 amide bonds. The highest BCUT2D eigenvalue weighted by molar-refractivity contribution is 5.20. The van der Waals surface area contributed by atoms with Crippen LogP contribution in [0.25, 0.3) is 0 Å². The van der Waals surface area contributed by atoms with Crippen LogP contribution in [0.1, 0.15) is 32.4 Å². The zero-order chi connectivity index (χ0) is 13.8. The van der Waals surface area contributed by atoms with E-state index in [-0.39, 0.29) is 17.6 Å². The van der Waals surface area contributed by atoms with Gasteiger partial charge in [-0.15, -0.1) is 0 Å². The first-order chi connectivity index (χ1) is 8.33. The van der Waals surface area contributed by atoms with Gasteiger partial charge in [0.2, 0.25) is 0 Å². The van der Waals surface area contributed by atoms with Crippen molar-refractivity contribution in [2.45, 2.75) is 32.9 Å². The van der Waals surface area contributed by atoms with Crippen LogP contribution >= 0.6 is 0 Å². The van der Waals surface area contributed by atoms with Crippen molar-refractivity contribution in [3.05, 3.63) is 35.9 Å². The van der Waals surface area contributed by atoms with E-state index in [1.165, 1.54) is 0 Å². The molecule has 3 heteroatoms. The van der Waals surface area contributed by atoms with E-state index in [0.717, 1.165) is 12.1 Å². The summed E-state index contributed by atoms with van der Waals surface area (Å²) in [6.07, 6.45) is -0.307. The number of hydrogen-bond donors (Lipinski definition) is 2. The first-order valence-corrected chi connectivity index (χ1v) is 6.50. The summed E-state index contributed by atoms with van der Waals surface area (Å²) < 4.78 is 0. The molecule has 0 aliphatic rings. The number of likely N-dealkylation sites (N-methyl/N-ethyl adjacent to an activating group) is 1. The first-order valence-electron chi connectivity index (χ1n) is 6.50. The molecule has 1 aromatic carbocycles. The molecule has 3 N–H and O–H groups in total. The molecule has 0 bridgehead atoms. The Kier molecular flexibility index (Phi) is 5.32. The van der Waals surface area contributed by atoms with Gasteiger partial charge in [0.25, 0.3) is 0 Å². The lowest BCUT2D eigenvalue weighted by Gasteiger charge is -2.36. The van der Waals surface area contributed by atoms with E-state index in [4.69, 9.17) is 5.73 Å². The van der Waals surface area contributed by atoms with E-state index in [2.05, 4.69) is 30.9 Å². The Hall–Kier alpha value is -0.900. The number of rotatable bonds is 6. The Balaban J connectivity index is 2.68. The quantitative estimate of drug-likeness (QED) is 0.812. The molecule has 1 rings (SSSR count). The van der Waals surface area contributed by atoms with Crippen molar-refractivity contribution in [1.29, 1.82) is 0 Å². The third-order valence-electron chi connectivity index (χ3n) is 3.25. The summed E-state index contributed by atoms with van der Waals surface area (Å²) in [6.45, 7) is 7.67. The Morgan fingerprint density at radius 1 is 1.28 bits per heavy atom. The Bertz CT molecular complexity index is 349. The lowest BCUT2D eigenvalue weighted by atomic mass is 9.80. The third kappa shape index (κ3) is 4.41. The van der Waals surface area contributed by atoms with Gasteiger partial charge in [0.05, 0.1) is 6.10 Å². The predicted molar refractivity (Wildman–Crippen MR) is 76.3 cm³/mol. The predicted octanol–water partition coefficient (Wildman–Crippen LogP) is 2.03. The zero-order valence-corrected chi connectivity index (χ0v) is 11.9. The molecule has 0 aromatic heterocycles. The fourth-order valence-electron chi connectivity index (χ4n) is 2.42. The van der Waals surface area contributed by atoms with Crippen LogP contribution in [0.5, 0.6) is 0 Å². The Labute approximate surface area is 111 Å². The van der Waals surface area contributed by atoms with Gasteiger partial charge in [-0.2, -0.15) is 0 Å². The van der Waals surface area contributed by atoms with E-state index in [9.17, 15) is 5.11 Å². The Morgan fingerprint density at radius 2 is 1.83 bits per heavy atom. The molecule has 0 spiro atoms. The zero-order valence-electron chi connectivity index (χ0n) is 11.9. The summed E-state index contributed by atoms with van der Waals surface area (Å²) in [5.41, 5.74) is 7.49. The molecule has 0 fully saturated rings. The average Bonchev–Trinajstić information content (AvgIpc) is 2.27. The fourth-order valence-corrected chi connectivity index (χ4v) is 2.42. The second-order valence-corrected chi connectivity index (χ2v) is 5.92. The summed E-state index contributed by atoms with van der Waals surface area (Å²) >= 11 is 0. The summed E-state index contributed by atoms with van der Waals surface area (Å²) in [4.78, 5) is 2.13. The molecule has 18 heavy (non-hydrogen) atoms. The molecule has 3 nitrogen and oxygen atoms in total.